The minimum atomic E-state index is -0.849. The van der Waals surface area contributed by atoms with E-state index in [0.29, 0.717) is 26.2 Å². The fourth-order valence-electron chi connectivity index (χ4n) is 4.01. The van der Waals surface area contributed by atoms with Gasteiger partial charge < -0.3 is 14.7 Å². The first-order valence-corrected chi connectivity index (χ1v) is 9.58. The van der Waals surface area contributed by atoms with Crippen molar-refractivity contribution < 1.29 is 19.4 Å². The minimum Gasteiger partial charge on any atom is -0.480 e. The number of hydrogen-bond donors (Lipinski definition) is 1. The highest BCUT2D eigenvalue weighted by Gasteiger charge is 2.30. The zero-order chi connectivity index (χ0) is 19.4. The molecule has 1 aromatic rings. The van der Waals surface area contributed by atoms with Crippen molar-refractivity contribution in [3.8, 4) is 0 Å². The van der Waals surface area contributed by atoms with Gasteiger partial charge in [-0.1, -0.05) is 18.2 Å². The first-order chi connectivity index (χ1) is 12.9. The van der Waals surface area contributed by atoms with Crippen molar-refractivity contribution in [3.63, 3.8) is 0 Å². The van der Waals surface area contributed by atoms with Crippen LogP contribution in [0.25, 0.3) is 0 Å². The molecule has 1 fully saturated rings. The molecule has 0 spiro atoms. The molecular formula is C20H29N3O4. The molecule has 27 heavy (non-hydrogen) atoms. The topological polar surface area (TPSA) is 73.3 Å². The van der Waals surface area contributed by atoms with E-state index in [4.69, 9.17) is 9.84 Å². The quantitative estimate of drug-likeness (QED) is 0.802. The number of rotatable bonds is 6. The number of anilines is 1. The lowest BCUT2D eigenvalue weighted by molar-refractivity contribution is -0.138. The third kappa shape index (κ3) is 5.06. The number of carboxylic acids is 1. The van der Waals surface area contributed by atoms with Gasteiger partial charge in [0.15, 0.2) is 0 Å². The summed E-state index contributed by atoms with van der Waals surface area (Å²) in [7, 11) is 1.77. The van der Waals surface area contributed by atoms with Gasteiger partial charge in [0.1, 0.15) is 0 Å². The molecule has 7 nitrogen and oxygen atoms in total. The van der Waals surface area contributed by atoms with Crippen molar-refractivity contribution in [2.75, 3.05) is 51.3 Å². The molecule has 1 aromatic carbocycles. The Morgan fingerprint density at radius 3 is 2.89 bits per heavy atom. The zero-order valence-corrected chi connectivity index (χ0v) is 16.1. The molecule has 1 amide bonds. The Kier molecular flexibility index (Phi) is 6.46. The number of carbonyl (C=O) groups excluding carboxylic acids is 1. The predicted octanol–water partition coefficient (Wildman–Crippen LogP) is 1.07. The summed E-state index contributed by atoms with van der Waals surface area (Å²) in [6.07, 6.45) is 1.91. The number of aliphatic carboxylic acids is 1. The Morgan fingerprint density at radius 2 is 2.11 bits per heavy atom. The van der Waals surface area contributed by atoms with Crippen molar-refractivity contribution in [1.29, 1.82) is 0 Å². The highest BCUT2D eigenvalue weighted by molar-refractivity contribution is 5.96. The Hall–Kier alpha value is -1.96. The van der Waals surface area contributed by atoms with E-state index in [2.05, 4.69) is 17.9 Å². The standard InChI is InChI=1S/C20H29N3O4/c1-15-7-8-16-5-3-4-6-18(16)23(15)19(24)13-22-9-10-27-17(12-22)11-21(2)14-20(25)26/h3-6,15,17H,7-14H2,1-2H3,(H,25,26). The van der Waals surface area contributed by atoms with Gasteiger partial charge in [-0.25, -0.2) is 0 Å². The number of benzene rings is 1. The van der Waals surface area contributed by atoms with Crippen LogP contribution in [0.15, 0.2) is 24.3 Å². The fourth-order valence-corrected chi connectivity index (χ4v) is 4.01. The van der Waals surface area contributed by atoms with E-state index < -0.39 is 5.97 Å². The Balaban J connectivity index is 1.60. The number of amides is 1. The number of aryl methyl sites for hydroxylation is 1. The van der Waals surface area contributed by atoms with E-state index in [1.807, 2.05) is 23.1 Å². The molecule has 7 heteroatoms. The van der Waals surface area contributed by atoms with Gasteiger partial charge in [-0.15, -0.1) is 0 Å². The van der Waals surface area contributed by atoms with Crippen LogP contribution in [-0.2, 0) is 20.7 Å². The summed E-state index contributed by atoms with van der Waals surface area (Å²) in [5.41, 5.74) is 2.27. The maximum Gasteiger partial charge on any atom is 0.317 e. The van der Waals surface area contributed by atoms with Gasteiger partial charge in [0.2, 0.25) is 5.91 Å². The van der Waals surface area contributed by atoms with E-state index in [1.165, 1.54) is 5.56 Å². The van der Waals surface area contributed by atoms with Crippen molar-refractivity contribution in [3.05, 3.63) is 29.8 Å². The number of carboxylic acid groups (broad SMARTS) is 1. The number of fused-ring (bicyclic) bond motifs is 1. The molecule has 0 saturated carbocycles. The first kappa shape index (κ1) is 19.8. The second-order valence-corrected chi connectivity index (χ2v) is 7.60. The van der Waals surface area contributed by atoms with Crippen LogP contribution in [0.1, 0.15) is 18.9 Å². The number of likely N-dealkylation sites (N-methyl/N-ethyl adjacent to an activating group) is 1. The lowest BCUT2D eigenvalue weighted by Gasteiger charge is -2.38. The lowest BCUT2D eigenvalue weighted by Crippen LogP contribution is -2.52. The van der Waals surface area contributed by atoms with Crippen molar-refractivity contribution in [2.24, 2.45) is 0 Å². The summed E-state index contributed by atoms with van der Waals surface area (Å²) in [5.74, 6) is -0.729. The summed E-state index contributed by atoms with van der Waals surface area (Å²) in [6, 6.07) is 8.35. The van der Waals surface area contributed by atoms with Crippen LogP contribution < -0.4 is 4.90 Å². The average Bonchev–Trinajstić information content (AvgIpc) is 2.61. The molecule has 0 aromatic heterocycles. The molecule has 3 rings (SSSR count). The molecule has 2 heterocycles. The van der Waals surface area contributed by atoms with Crippen molar-refractivity contribution in [2.45, 2.75) is 31.9 Å². The van der Waals surface area contributed by atoms with Gasteiger partial charge >= 0.3 is 5.97 Å². The number of morpholine rings is 1. The average molecular weight is 375 g/mol. The largest absolute Gasteiger partial charge is 0.480 e. The molecule has 0 bridgehead atoms. The van der Waals surface area contributed by atoms with Gasteiger partial charge in [0, 0.05) is 31.4 Å². The van der Waals surface area contributed by atoms with Crippen LogP contribution in [0.3, 0.4) is 0 Å². The normalized spacial score (nSPS) is 23.3. The Bertz CT molecular complexity index is 681. The molecule has 0 aliphatic carbocycles. The number of carbonyl (C=O) groups is 2. The van der Waals surface area contributed by atoms with Crippen LogP contribution in [0.4, 0.5) is 5.69 Å². The van der Waals surface area contributed by atoms with Gasteiger partial charge in [-0.2, -0.15) is 0 Å². The van der Waals surface area contributed by atoms with Gasteiger partial charge in [-0.05, 0) is 38.4 Å². The smallest absolute Gasteiger partial charge is 0.317 e. The zero-order valence-electron chi connectivity index (χ0n) is 16.1. The molecule has 1 saturated heterocycles. The van der Waals surface area contributed by atoms with Crippen LogP contribution in [0.2, 0.25) is 0 Å². The first-order valence-electron chi connectivity index (χ1n) is 9.58. The highest BCUT2D eigenvalue weighted by atomic mass is 16.5. The molecule has 2 atom stereocenters. The maximum atomic E-state index is 13.1. The fraction of sp³-hybridized carbons (Fsp3) is 0.600. The van der Waals surface area contributed by atoms with Gasteiger partial charge in [-0.3, -0.25) is 19.4 Å². The summed E-state index contributed by atoms with van der Waals surface area (Å²) < 4.78 is 5.76. The Labute approximate surface area is 160 Å². The number of para-hydroxylation sites is 1. The van der Waals surface area contributed by atoms with E-state index in [-0.39, 0.29) is 24.6 Å². The lowest BCUT2D eigenvalue weighted by atomic mass is 9.96. The van der Waals surface area contributed by atoms with E-state index in [9.17, 15) is 9.59 Å². The molecular weight excluding hydrogens is 346 g/mol. The van der Waals surface area contributed by atoms with E-state index in [1.54, 1.807) is 11.9 Å². The molecule has 2 aliphatic rings. The molecule has 2 aliphatic heterocycles. The van der Waals surface area contributed by atoms with E-state index >= 15 is 0 Å². The summed E-state index contributed by atoms with van der Waals surface area (Å²) in [6.45, 7) is 4.91. The van der Waals surface area contributed by atoms with Crippen LogP contribution in [0, 0.1) is 0 Å². The van der Waals surface area contributed by atoms with E-state index in [0.717, 1.165) is 25.1 Å². The molecule has 2 unspecified atom stereocenters. The maximum absolute atomic E-state index is 13.1. The van der Waals surface area contributed by atoms with Crippen molar-refractivity contribution in [1.82, 2.24) is 9.80 Å². The minimum absolute atomic E-state index is 0.0130. The van der Waals surface area contributed by atoms with Gasteiger partial charge in [0.05, 0.1) is 25.8 Å². The summed E-state index contributed by atoms with van der Waals surface area (Å²) in [4.78, 5) is 29.7. The number of nitrogens with zero attached hydrogens (tertiary/aromatic N) is 3. The number of ether oxygens (including phenoxy) is 1. The van der Waals surface area contributed by atoms with Crippen molar-refractivity contribution >= 4 is 17.6 Å². The third-order valence-electron chi connectivity index (χ3n) is 5.29. The van der Waals surface area contributed by atoms with Crippen LogP contribution in [-0.4, -0.2) is 85.3 Å². The van der Waals surface area contributed by atoms with Gasteiger partial charge in [0.25, 0.3) is 0 Å². The monoisotopic (exact) mass is 375 g/mol. The predicted molar refractivity (Wildman–Crippen MR) is 103 cm³/mol. The second kappa shape index (κ2) is 8.82. The summed E-state index contributed by atoms with van der Waals surface area (Å²) in [5, 5.41) is 8.89. The van der Waals surface area contributed by atoms with Crippen LogP contribution in [0.5, 0.6) is 0 Å². The molecule has 1 N–H and O–H groups in total. The second-order valence-electron chi connectivity index (χ2n) is 7.60. The number of hydrogen-bond acceptors (Lipinski definition) is 5. The SMILES string of the molecule is CC1CCc2ccccc2N1C(=O)CN1CCOC(CN(C)CC(=O)O)C1. The highest BCUT2D eigenvalue weighted by Crippen LogP contribution is 2.30. The van der Waals surface area contributed by atoms with Crippen LogP contribution >= 0.6 is 0 Å². The summed E-state index contributed by atoms with van der Waals surface area (Å²) >= 11 is 0. The Morgan fingerprint density at radius 1 is 1.33 bits per heavy atom. The molecule has 0 radical (unpaired) electrons. The third-order valence-corrected chi connectivity index (χ3v) is 5.29. The molecule has 148 valence electrons.